The van der Waals surface area contributed by atoms with Crippen LogP contribution in [0.4, 0.5) is 0 Å². The third-order valence-corrected chi connectivity index (χ3v) is 5.39. The molecule has 94 valence electrons. The van der Waals surface area contributed by atoms with Crippen molar-refractivity contribution < 1.29 is 9.47 Å². The predicted molar refractivity (Wildman–Crippen MR) is 74.2 cm³/mol. The summed E-state index contributed by atoms with van der Waals surface area (Å²) in [4.78, 5) is 0. The quantitative estimate of drug-likeness (QED) is 0.576. The van der Waals surface area contributed by atoms with Crippen molar-refractivity contribution >= 4 is 22.6 Å². The first-order valence-corrected chi connectivity index (χ1v) is 8.15. The molecule has 16 heavy (non-hydrogen) atoms. The van der Waals surface area contributed by atoms with Gasteiger partial charge >= 0.3 is 0 Å². The maximum absolute atomic E-state index is 6.27. The Hall–Kier alpha value is 0.650. The number of alkyl halides is 1. The molecule has 1 aliphatic carbocycles. The lowest BCUT2D eigenvalue weighted by Gasteiger charge is -2.37. The van der Waals surface area contributed by atoms with Crippen molar-refractivity contribution in [2.45, 2.75) is 50.5 Å². The maximum Gasteiger partial charge on any atom is 0.0815 e. The van der Waals surface area contributed by atoms with Gasteiger partial charge in [0.15, 0.2) is 0 Å². The third-order valence-electron chi connectivity index (χ3n) is 4.00. The molecule has 0 radical (unpaired) electrons. The van der Waals surface area contributed by atoms with Gasteiger partial charge in [-0.3, -0.25) is 0 Å². The van der Waals surface area contributed by atoms with E-state index in [1.165, 1.54) is 32.1 Å². The van der Waals surface area contributed by atoms with Crippen molar-refractivity contribution in [1.29, 1.82) is 0 Å². The molecular formula is C13H23IO2. The Labute approximate surface area is 113 Å². The van der Waals surface area contributed by atoms with Gasteiger partial charge in [0.2, 0.25) is 0 Å². The summed E-state index contributed by atoms with van der Waals surface area (Å²) in [6.07, 6.45) is 9.19. The summed E-state index contributed by atoms with van der Waals surface area (Å²) in [5, 5.41) is 0. The van der Waals surface area contributed by atoms with Crippen LogP contribution in [-0.4, -0.2) is 29.8 Å². The fourth-order valence-corrected chi connectivity index (χ4v) is 3.69. The molecule has 2 rings (SSSR count). The fourth-order valence-electron chi connectivity index (χ4n) is 2.71. The van der Waals surface area contributed by atoms with Crippen molar-refractivity contribution in [1.82, 2.24) is 0 Å². The van der Waals surface area contributed by atoms with Crippen molar-refractivity contribution in [3.05, 3.63) is 0 Å². The highest BCUT2D eigenvalue weighted by atomic mass is 127. The molecule has 1 heterocycles. The topological polar surface area (TPSA) is 18.5 Å². The molecule has 0 aromatic heterocycles. The Bertz CT molecular complexity index is 196. The summed E-state index contributed by atoms with van der Waals surface area (Å²) in [6.45, 7) is 2.75. The standard InChI is InChI=1S/C13H23IO2/c14-11-13(6-8-15-9-7-13)16-10-12-4-2-1-3-5-12/h12H,1-11H2. The second kappa shape index (κ2) is 6.55. The second-order valence-electron chi connectivity index (χ2n) is 5.24. The first-order chi connectivity index (χ1) is 7.85. The maximum atomic E-state index is 6.27. The Morgan fingerprint density at radius 1 is 1.12 bits per heavy atom. The van der Waals surface area contributed by atoms with E-state index in [-0.39, 0.29) is 5.60 Å². The molecule has 2 fully saturated rings. The van der Waals surface area contributed by atoms with Gasteiger partial charge in [-0.1, -0.05) is 41.9 Å². The summed E-state index contributed by atoms with van der Waals surface area (Å²) in [5.41, 5.74) is 0.135. The number of hydrogen-bond donors (Lipinski definition) is 0. The minimum absolute atomic E-state index is 0.135. The van der Waals surface area contributed by atoms with Gasteiger partial charge in [-0.2, -0.15) is 0 Å². The first kappa shape index (κ1) is 13.1. The Kier molecular flexibility index (Phi) is 5.36. The zero-order chi connectivity index (χ0) is 11.3. The van der Waals surface area contributed by atoms with Crippen molar-refractivity contribution in [3.63, 3.8) is 0 Å². The SMILES string of the molecule is ICC1(OCC2CCCCC2)CCOCC1. The van der Waals surface area contributed by atoms with Crippen LogP contribution in [-0.2, 0) is 9.47 Å². The van der Waals surface area contributed by atoms with Crippen LogP contribution in [0.15, 0.2) is 0 Å². The van der Waals surface area contributed by atoms with Crippen LogP contribution in [0.3, 0.4) is 0 Å². The van der Waals surface area contributed by atoms with Crippen LogP contribution in [0, 0.1) is 5.92 Å². The number of halogens is 1. The predicted octanol–water partition coefficient (Wildman–Crippen LogP) is 3.57. The molecule has 1 saturated heterocycles. The highest BCUT2D eigenvalue weighted by Crippen LogP contribution is 2.31. The lowest BCUT2D eigenvalue weighted by atomic mass is 9.89. The molecule has 2 nitrogen and oxygen atoms in total. The Morgan fingerprint density at radius 3 is 2.44 bits per heavy atom. The van der Waals surface area contributed by atoms with E-state index in [4.69, 9.17) is 9.47 Å². The van der Waals surface area contributed by atoms with E-state index < -0.39 is 0 Å². The highest BCUT2D eigenvalue weighted by Gasteiger charge is 2.33. The molecule has 0 amide bonds. The zero-order valence-corrected chi connectivity index (χ0v) is 12.2. The molecule has 1 saturated carbocycles. The number of hydrogen-bond acceptors (Lipinski definition) is 2. The van der Waals surface area contributed by atoms with E-state index in [0.29, 0.717) is 0 Å². The molecule has 0 bridgehead atoms. The summed E-state index contributed by atoms with van der Waals surface area (Å²) < 4.78 is 12.8. The van der Waals surface area contributed by atoms with E-state index in [1.807, 2.05) is 0 Å². The molecule has 0 spiro atoms. The molecule has 0 atom stereocenters. The monoisotopic (exact) mass is 338 g/mol. The molecule has 0 aromatic carbocycles. The van der Waals surface area contributed by atoms with Gasteiger partial charge in [-0.25, -0.2) is 0 Å². The first-order valence-electron chi connectivity index (χ1n) is 6.62. The second-order valence-corrected chi connectivity index (χ2v) is 6.01. The minimum Gasteiger partial charge on any atom is -0.381 e. The largest absolute Gasteiger partial charge is 0.381 e. The normalized spacial score (nSPS) is 26.8. The van der Waals surface area contributed by atoms with Crippen molar-refractivity contribution in [3.8, 4) is 0 Å². The number of rotatable bonds is 4. The average molecular weight is 338 g/mol. The summed E-state index contributed by atoms with van der Waals surface area (Å²) in [6, 6.07) is 0. The van der Waals surface area contributed by atoms with Gasteiger partial charge in [0.25, 0.3) is 0 Å². The van der Waals surface area contributed by atoms with Crippen LogP contribution in [0.2, 0.25) is 0 Å². The van der Waals surface area contributed by atoms with E-state index in [9.17, 15) is 0 Å². The van der Waals surface area contributed by atoms with Crippen molar-refractivity contribution in [2.75, 3.05) is 24.2 Å². The van der Waals surface area contributed by atoms with E-state index in [2.05, 4.69) is 22.6 Å². The van der Waals surface area contributed by atoms with Crippen molar-refractivity contribution in [2.24, 2.45) is 5.92 Å². The van der Waals surface area contributed by atoms with E-state index in [0.717, 1.165) is 43.0 Å². The van der Waals surface area contributed by atoms with Gasteiger partial charge in [0.1, 0.15) is 0 Å². The highest BCUT2D eigenvalue weighted by molar-refractivity contribution is 14.1. The Balaban J connectivity index is 1.77. The molecule has 0 N–H and O–H groups in total. The lowest BCUT2D eigenvalue weighted by molar-refractivity contribution is -0.106. The van der Waals surface area contributed by atoms with Gasteiger partial charge < -0.3 is 9.47 Å². The molecule has 0 aromatic rings. The molecular weight excluding hydrogens is 315 g/mol. The van der Waals surface area contributed by atoms with Crippen LogP contribution < -0.4 is 0 Å². The number of ether oxygens (including phenoxy) is 2. The lowest BCUT2D eigenvalue weighted by Crippen LogP contribution is -2.42. The van der Waals surface area contributed by atoms with Gasteiger partial charge in [-0.15, -0.1) is 0 Å². The van der Waals surface area contributed by atoms with Crippen LogP contribution in [0.25, 0.3) is 0 Å². The molecule has 0 unspecified atom stereocenters. The molecule has 2 aliphatic rings. The van der Waals surface area contributed by atoms with Gasteiger partial charge in [-0.05, 0) is 18.8 Å². The summed E-state index contributed by atoms with van der Waals surface area (Å²) in [5.74, 6) is 0.830. The Morgan fingerprint density at radius 2 is 1.81 bits per heavy atom. The fraction of sp³-hybridized carbons (Fsp3) is 1.00. The van der Waals surface area contributed by atoms with Crippen LogP contribution in [0.5, 0.6) is 0 Å². The molecule has 3 heteroatoms. The molecule has 1 aliphatic heterocycles. The summed E-state index contributed by atoms with van der Waals surface area (Å²) >= 11 is 2.47. The van der Waals surface area contributed by atoms with Crippen LogP contribution >= 0.6 is 22.6 Å². The van der Waals surface area contributed by atoms with Crippen LogP contribution in [0.1, 0.15) is 44.9 Å². The van der Waals surface area contributed by atoms with E-state index >= 15 is 0 Å². The van der Waals surface area contributed by atoms with Gasteiger partial charge in [0, 0.05) is 30.5 Å². The zero-order valence-electron chi connectivity index (χ0n) is 10.0. The average Bonchev–Trinajstić information content (AvgIpc) is 2.39. The minimum atomic E-state index is 0.135. The summed E-state index contributed by atoms with van der Waals surface area (Å²) in [7, 11) is 0. The smallest absolute Gasteiger partial charge is 0.0815 e. The third kappa shape index (κ3) is 3.57. The van der Waals surface area contributed by atoms with E-state index in [1.54, 1.807) is 0 Å². The van der Waals surface area contributed by atoms with Gasteiger partial charge in [0.05, 0.1) is 12.2 Å².